The van der Waals surface area contributed by atoms with Gasteiger partial charge in [0.2, 0.25) is 0 Å². The summed E-state index contributed by atoms with van der Waals surface area (Å²) >= 11 is 0. The summed E-state index contributed by atoms with van der Waals surface area (Å²) in [7, 11) is 1.32. The number of esters is 1. The number of rotatable bonds is 4. The number of hydrogen-bond acceptors (Lipinski definition) is 5. The number of benzene rings is 2. The normalized spacial score (nSPS) is 10.3. The van der Waals surface area contributed by atoms with Gasteiger partial charge in [-0.05, 0) is 35.4 Å². The van der Waals surface area contributed by atoms with Gasteiger partial charge >= 0.3 is 5.97 Å². The van der Waals surface area contributed by atoms with E-state index in [1.54, 1.807) is 42.5 Å². The Morgan fingerprint density at radius 3 is 2.35 bits per heavy atom. The van der Waals surface area contributed by atoms with Crippen LogP contribution in [-0.2, 0) is 4.74 Å². The van der Waals surface area contributed by atoms with Crippen molar-refractivity contribution in [1.29, 1.82) is 5.26 Å². The first-order chi connectivity index (χ1) is 11.0. The third-order valence-electron chi connectivity index (χ3n) is 3.14. The number of hydrogen-bond donors (Lipinski definition) is 0. The zero-order valence-electron chi connectivity index (χ0n) is 12.2. The SMILES string of the molecule is COC(=O)c1ccc(/C=C/c2ccc([N+](=O)[O-])c(C#N)c2)cc1. The highest BCUT2D eigenvalue weighted by Gasteiger charge is 2.12. The topological polar surface area (TPSA) is 93.2 Å². The van der Waals surface area contributed by atoms with Crippen molar-refractivity contribution in [3.05, 3.63) is 74.8 Å². The minimum absolute atomic E-state index is 0.0122. The van der Waals surface area contributed by atoms with Crippen molar-refractivity contribution in [1.82, 2.24) is 0 Å². The molecule has 0 aliphatic heterocycles. The van der Waals surface area contributed by atoms with Crippen LogP contribution < -0.4 is 0 Å². The molecule has 0 aliphatic rings. The summed E-state index contributed by atoms with van der Waals surface area (Å²) in [6.45, 7) is 0. The average Bonchev–Trinajstić information content (AvgIpc) is 2.59. The monoisotopic (exact) mass is 308 g/mol. The molecule has 0 saturated carbocycles. The first-order valence-electron chi connectivity index (χ1n) is 6.60. The summed E-state index contributed by atoms with van der Waals surface area (Å²) < 4.78 is 4.62. The van der Waals surface area contributed by atoms with Gasteiger partial charge in [-0.1, -0.05) is 24.3 Å². The first-order valence-corrected chi connectivity index (χ1v) is 6.60. The highest BCUT2D eigenvalue weighted by molar-refractivity contribution is 5.89. The summed E-state index contributed by atoms with van der Waals surface area (Å²) in [5, 5.41) is 19.7. The summed E-state index contributed by atoms with van der Waals surface area (Å²) in [6, 6.07) is 12.9. The third-order valence-corrected chi connectivity index (χ3v) is 3.14. The van der Waals surface area contributed by atoms with Crippen molar-refractivity contribution in [2.45, 2.75) is 0 Å². The van der Waals surface area contributed by atoms with Crippen molar-refractivity contribution in [2.24, 2.45) is 0 Å². The Hall–Kier alpha value is -3.46. The molecule has 2 aromatic rings. The average molecular weight is 308 g/mol. The molecule has 0 amide bonds. The molecule has 0 bridgehead atoms. The van der Waals surface area contributed by atoms with E-state index in [0.717, 1.165) is 5.56 Å². The highest BCUT2D eigenvalue weighted by Crippen LogP contribution is 2.20. The van der Waals surface area contributed by atoms with Crippen LogP contribution in [0.25, 0.3) is 12.2 Å². The molecule has 0 saturated heterocycles. The lowest BCUT2D eigenvalue weighted by molar-refractivity contribution is -0.385. The molecule has 0 aromatic heterocycles. The van der Waals surface area contributed by atoms with E-state index in [1.807, 2.05) is 6.07 Å². The standard InChI is InChI=1S/C17H12N2O4/c1-23-17(20)14-7-4-12(5-8-14)2-3-13-6-9-16(19(21)22)15(10-13)11-18/h2-10H,1H3/b3-2+. The number of carbonyl (C=O) groups is 1. The number of carbonyl (C=O) groups excluding carboxylic acids is 1. The van der Waals surface area contributed by atoms with Gasteiger partial charge in [-0.15, -0.1) is 0 Å². The molecule has 6 heteroatoms. The minimum atomic E-state index is -0.586. The number of nitro benzene ring substituents is 1. The molecule has 23 heavy (non-hydrogen) atoms. The maximum absolute atomic E-state index is 11.3. The van der Waals surface area contributed by atoms with Gasteiger partial charge in [0.15, 0.2) is 0 Å². The Bertz CT molecular complexity index is 817. The molecule has 0 N–H and O–H groups in total. The van der Waals surface area contributed by atoms with Crippen molar-refractivity contribution >= 4 is 23.8 Å². The van der Waals surface area contributed by atoms with Gasteiger partial charge in [0.1, 0.15) is 11.6 Å². The van der Waals surface area contributed by atoms with Gasteiger partial charge < -0.3 is 4.74 Å². The molecule has 0 fully saturated rings. The predicted molar refractivity (Wildman–Crippen MR) is 84.5 cm³/mol. The van der Waals surface area contributed by atoms with E-state index < -0.39 is 10.9 Å². The highest BCUT2D eigenvalue weighted by atomic mass is 16.6. The van der Waals surface area contributed by atoms with E-state index in [0.29, 0.717) is 11.1 Å². The largest absolute Gasteiger partial charge is 0.465 e. The fourth-order valence-electron chi connectivity index (χ4n) is 1.95. The van der Waals surface area contributed by atoms with Crippen LogP contribution in [0.4, 0.5) is 5.69 Å². The van der Waals surface area contributed by atoms with Crippen LogP contribution in [0, 0.1) is 21.4 Å². The third kappa shape index (κ3) is 3.80. The number of nitrogens with zero attached hydrogens (tertiary/aromatic N) is 2. The van der Waals surface area contributed by atoms with E-state index in [1.165, 1.54) is 19.2 Å². The summed E-state index contributed by atoms with van der Waals surface area (Å²) in [5.74, 6) is -0.408. The van der Waals surface area contributed by atoms with E-state index in [4.69, 9.17) is 5.26 Å². The van der Waals surface area contributed by atoms with Crippen molar-refractivity contribution in [2.75, 3.05) is 7.11 Å². The van der Waals surface area contributed by atoms with Gasteiger partial charge in [0.25, 0.3) is 5.69 Å². The molecule has 2 rings (SSSR count). The Labute approximate surface area is 132 Å². The molecule has 2 aromatic carbocycles. The zero-order chi connectivity index (χ0) is 16.8. The molecule has 0 spiro atoms. The first kappa shape index (κ1) is 15.9. The number of methoxy groups -OCH3 is 1. The molecule has 0 atom stereocenters. The molecule has 0 aliphatic carbocycles. The Morgan fingerprint density at radius 2 is 1.78 bits per heavy atom. The van der Waals surface area contributed by atoms with Crippen LogP contribution in [0.3, 0.4) is 0 Å². The lowest BCUT2D eigenvalue weighted by atomic mass is 10.1. The Balaban J connectivity index is 2.22. The maximum atomic E-state index is 11.3. The van der Waals surface area contributed by atoms with Crippen LogP contribution in [-0.4, -0.2) is 18.0 Å². The number of nitro groups is 1. The fraction of sp³-hybridized carbons (Fsp3) is 0.0588. The smallest absolute Gasteiger partial charge is 0.337 e. The van der Waals surface area contributed by atoms with Crippen LogP contribution >= 0.6 is 0 Å². The van der Waals surface area contributed by atoms with Crippen molar-refractivity contribution in [3.63, 3.8) is 0 Å². The van der Waals surface area contributed by atoms with Gasteiger partial charge in [-0.3, -0.25) is 10.1 Å². The van der Waals surface area contributed by atoms with Crippen molar-refractivity contribution in [3.8, 4) is 6.07 Å². The Morgan fingerprint density at radius 1 is 1.17 bits per heavy atom. The minimum Gasteiger partial charge on any atom is -0.465 e. The molecule has 6 nitrogen and oxygen atoms in total. The van der Waals surface area contributed by atoms with Gasteiger partial charge in [0.05, 0.1) is 17.6 Å². The molecular formula is C17H12N2O4. The quantitative estimate of drug-likeness (QED) is 0.373. The van der Waals surface area contributed by atoms with E-state index >= 15 is 0 Å². The van der Waals surface area contributed by atoms with Crippen LogP contribution in [0.1, 0.15) is 27.0 Å². The molecule has 114 valence electrons. The summed E-state index contributed by atoms with van der Waals surface area (Å²) in [6.07, 6.45) is 3.51. The molecule has 0 unspecified atom stereocenters. The second-order valence-corrected chi connectivity index (χ2v) is 4.59. The lowest BCUT2D eigenvalue weighted by Gasteiger charge is -2.00. The Kier molecular flexibility index (Phi) is 4.85. The van der Waals surface area contributed by atoms with Gasteiger partial charge in [-0.2, -0.15) is 5.26 Å². The summed E-state index contributed by atoms with van der Waals surface area (Å²) in [4.78, 5) is 21.5. The molecule has 0 radical (unpaired) electrons. The van der Waals surface area contributed by atoms with Gasteiger partial charge in [0, 0.05) is 6.07 Å². The number of nitriles is 1. The predicted octanol–water partition coefficient (Wildman–Crippen LogP) is 3.42. The maximum Gasteiger partial charge on any atom is 0.337 e. The van der Waals surface area contributed by atoms with Crippen molar-refractivity contribution < 1.29 is 14.5 Å². The van der Waals surface area contributed by atoms with E-state index in [9.17, 15) is 14.9 Å². The molecular weight excluding hydrogens is 296 g/mol. The van der Waals surface area contributed by atoms with Crippen LogP contribution in [0.15, 0.2) is 42.5 Å². The fourth-order valence-corrected chi connectivity index (χ4v) is 1.95. The van der Waals surface area contributed by atoms with Gasteiger partial charge in [-0.25, -0.2) is 4.79 Å². The molecule has 0 heterocycles. The number of ether oxygens (including phenoxy) is 1. The second-order valence-electron chi connectivity index (χ2n) is 4.59. The zero-order valence-corrected chi connectivity index (χ0v) is 12.2. The van der Waals surface area contributed by atoms with E-state index in [-0.39, 0.29) is 11.3 Å². The van der Waals surface area contributed by atoms with Crippen LogP contribution in [0.2, 0.25) is 0 Å². The lowest BCUT2D eigenvalue weighted by Crippen LogP contribution is -2.00. The second kappa shape index (κ2) is 7.00. The summed E-state index contributed by atoms with van der Waals surface area (Å²) in [5.41, 5.74) is 1.76. The van der Waals surface area contributed by atoms with E-state index in [2.05, 4.69) is 4.74 Å². The van der Waals surface area contributed by atoms with Crippen LogP contribution in [0.5, 0.6) is 0 Å².